The van der Waals surface area contributed by atoms with Crippen molar-refractivity contribution in [1.29, 1.82) is 0 Å². The normalized spacial score (nSPS) is 41.6. The lowest BCUT2D eigenvalue weighted by molar-refractivity contribution is -0.152. The number of esters is 1. The van der Waals surface area contributed by atoms with Crippen LogP contribution < -0.4 is 0 Å². The topological polar surface area (TPSA) is 39.2 Å². The minimum Gasteiger partial charge on any atom is -0.452 e. The van der Waals surface area contributed by atoms with Gasteiger partial charge in [-0.15, -0.1) is 0 Å². The molecule has 1 aromatic heterocycles. The molecule has 2 heterocycles. The first-order valence-corrected chi connectivity index (χ1v) is 6.96. The molecule has 3 nitrogen and oxygen atoms in total. The summed E-state index contributed by atoms with van der Waals surface area (Å²) in [6, 6.07) is 5.93. The van der Waals surface area contributed by atoms with Crippen LogP contribution in [-0.4, -0.2) is 11.0 Å². The number of aromatic nitrogens is 1. The van der Waals surface area contributed by atoms with Crippen molar-refractivity contribution in [3.8, 4) is 0 Å². The third-order valence-electron chi connectivity index (χ3n) is 5.14. The van der Waals surface area contributed by atoms with Crippen LogP contribution in [0, 0.1) is 17.8 Å². The molecule has 0 bridgehead atoms. The summed E-state index contributed by atoms with van der Waals surface area (Å²) in [5.41, 5.74) is 0.573. The van der Waals surface area contributed by atoms with E-state index in [-0.39, 0.29) is 11.9 Å². The number of nitrogens with zero attached hydrogens (tertiary/aromatic N) is 1. The molecule has 3 heteroatoms. The largest absolute Gasteiger partial charge is 0.452 e. The Labute approximate surface area is 107 Å². The molecule has 0 radical (unpaired) electrons. The smallest absolute Gasteiger partial charge is 0.310 e. The van der Waals surface area contributed by atoms with Crippen molar-refractivity contribution in [3.05, 3.63) is 30.1 Å². The lowest BCUT2D eigenvalue weighted by Crippen LogP contribution is -2.34. The van der Waals surface area contributed by atoms with E-state index in [1.54, 1.807) is 6.20 Å². The number of ether oxygens (including phenoxy) is 1. The molecule has 0 amide bonds. The molecule has 0 unspecified atom stereocenters. The predicted octanol–water partition coefficient (Wildman–Crippen LogP) is 2.66. The highest BCUT2D eigenvalue weighted by molar-refractivity contribution is 5.77. The van der Waals surface area contributed by atoms with Gasteiger partial charge in [-0.25, -0.2) is 0 Å². The lowest BCUT2D eigenvalue weighted by Gasteiger charge is -2.32. The average Bonchev–Trinajstić information content (AvgIpc) is 2.93. The van der Waals surface area contributed by atoms with E-state index in [0.717, 1.165) is 18.5 Å². The SMILES string of the molecule is O=C1O[C@]2(c3ccccn3)CC[C@@H]3CCC[C@H]1[C@@H]32. The van der Waals surface area contributed by atoms with Gasteiger partial charge in [0.15, 0.2) is 5.60 Å². The van der Waals surface area contributed by atoms with Crippen LogP contribution in [0.15, 0.2) is 24.4 Å². The van der Waals surface area contributed by atoms with E-state index in [0.29, 0.717) is 11.8 Å². The van der Waals surface area contributed by atoms with Crippen molar-refractivity contribution in [3.63, 3.8) is 0 Å². The molecule has 3 fully saturated rings. The van der Waals surface area contributed by atoms with Crippen LogP contribution in [0.2, 0.25) is 0 Å². The van der Waals surface area contributed by atoms with Gasteiger partial charge < -0.3 is 4.74 Å². The number of carbonyl (C=O) groups excluding carboxylic acids is 1. The number of hydrogen-bond acceptors (Lipinski definition) is 3. The Bertz CT molecular complexity index is 487. The molecule has 4 rings (SSSR count). The van der Waals surface area contributed by atoms with Gasteiger partial charge in [-0.1, -0.05) is 12.5 Å². The van der Waals surface area contributed by atoms with Gasteiger partial charge in [-0.3, -0.25) is 9.78 Å². The quantitative estimate of drug-likeness (QED) is 0.712. The van der Waals surface area contributed by atoms with Crippen LogP contribution in [0.5, 0.6) is 0 Å². The van der Waals surface area contributed by atoms with Gasteiger partial charge in [-0.2, -0.15) is 0 Å². The van der Waals surface area contributed by atoms with Gasteiger partial charge in [0, 0.05) is 12.1 Å². The van der Waals surface area contributed by atoms with E-state index in [2.05, 4.69) is 4.98 Å². The van der Waals surface area contributed by atoms with Crippen LogP contribution in [0.3, 0.4) is 0 Å². The second-order valence-electron chi connectivity index (χ2n) is 5.89. The molecule has 1 saturated heterocycles. The number of carbonyl (C=O) groups is 1. The number of pyridine rings is 1. The van der Waals surface area contributed by atoms with Crippen LogP contribution in [0.4, 0.5) is 0 Å². The number of hydrogen-bond donors (Lipinski definition) is 0. The molecular formula is C15H17NO2. The summed E-state index contributed by atoms with van der Waals surface area (Å²) in [4.78, 5) is 16.6. The van der Waals surface area contributed by atoms with Crippen molar-refractivity contribution < 1.29 is 9.53 Å². The van der Waals surface area contributed by atoms with Crippen molar-refractivity contribution in [2.24, 2.45) is 17.8 Å². The molecule has 2 saturated carbocycles. The molecule has 1 aliphatic heterocycles. The van der Waals surface area contributed by atoms with Crippen LogP contribution >= 0.6 is 0 Å². The van der Waals surface area contributed by atoms with E-state index >= 15 is 0 Å². The van der Waals surface area contributed by atoms with Crippen LogP contribution in [-0.2, 0) is 15.1 Å². The first-order valence-electron chi connectivity index (χ1n) is 6.96. The van der Waals surface area contributed by atoms with E-state index in [1.165, 1.54) is 19.3 Å². The average molecular weight is 243 g/mol. The standard InChI is InChI=1S/C15H17NO2/c17-14-11-5-3-4-10-7-8-15(18-14,13(10)11)12-6-1-2-9-16-12/h1-2,6,9-11,13H,3-5,7-8H2/t10-,11-,13+,15-/m0/s1. The summed E-state index contributed by atoms with van der Waals surface area (Å²) >= 11 is 0. The second-order valence-corrected chi connectivity index (χ2v) is 5.89. The first-order chi connectivity index (χ1) is 8.81. The summed E-state index contributed by atoms with van der Waals surface area (Å²) in [5.74, 6) is 1.20. The zero-order chi connectivity index (χ0) is 12.2. The fourth-order valence-electron chi connectivity index (χ4n) is 4.49. The van der Waals surface area contributed by atoms with E-state index in [1.807, 2.05) is 18.2 Å². The maximum absolute atomic E-state index is 12.1. The van der Waals surface area contributed by atoms with Gasteiger partial charge in [0.25, 0.3) is 0 Å². The van der Waals surface area contributed by atoms with E-state index in [9.17, 15) is 4.79 Å². The zero-order valence-corrected chi connectivity index (χ0v) is 10.3. The molecule has 4 atom stereocenters. The zero-order valence-electron chi connectivity index (χ0n) is 10.3. The molecule has 0 aromatic carbocycles. The molecule has 3 aliphatic rings. The minimum atomic E-state index is -0.395. The first kappa shape index (κ1) is 10.5. The van der Waals surface area contributed by atoms with E-state index in [4.69, 9.17) is 4.74 Å². The Hall–Kier alpha value is -1.38. The van der Waals surface area contributed by atoms with E-state index < -0.39 is 5.60 Å². The van der Waals surface area contributed by atoms with Crippen LogP contribution in [0.1, 0.15) is 37.8 Å². The monoisotopic (exact) mass is 243 g/mol. The van der Waals surface area contributed by atoms with Crippen molar-refractivity contribution in [1.82, 2.24) is 4.98 Å². The summed E-state index contributed by atoms with van der Waals surface area (Å²) in [6.45, 7) is 0. The Morgan fingerprint density at radius 3 is 3.06 bits per heavy atom. The summed E-state index contributed by atoms with van der Waals surface area (Å²) in [5, 5.41) is 0. The Kier molecular flexibility index (Phi) is 2.08. The predicted molar refractivity (Wildman–Crippen MR) is 65.6 cm³/mol. The lowest BCUT2D eigenvalue weighted by atomic mass is 9.70. The molecule has 2 aliphatic carbocycles. The van der Waals surface area contributed by atoms with Gasteiger partial charge in [0.05, 0.1) is 11.6 Å². The second kappa shape index (κ2) is 3.56. The van der Waals surface area contributed by atoms with Gasteiger partial charge in [0.1, 0.15) is 0 Å². The van der Waals surface area contributed by atoms with Crippen molar-refractivity contribution >= 4 is 5.97 Å². The molecule has 0 spiro atoms. The molecule has 94 valence electrons. The Morgan fingerprint density at radius 2 is 2.22 bits per heavy atom. The fourth-order valence-corrected chi connectivity index (χ4v) is 4.49. The Morgan fingerprint density at radius 1 is 1.28 bits per heavy atom. The van der Waals surface area contributed by atoms with Crippen molar-refractivity contribution in [2.45, 2.75) is 37.7 Å². The summed E-state index contributed by atoms with van der Waals surface area (Å²) in [6.07, 6.45) is 7.40. The minimum absolute atomic E-state index is 0.0232. The van der Waals surface area contributed by atoms with Crippen LogP contribution in [0.25, 0.3) is 0 Å². The third kappa shape index (κ3) is 1.20. The molecule has 0 N–H and O–H groups in total. The fraction of sp³-hybridized carbons (Fsp3) is 0.600. The highest BCUT2D eigenvalue weighted by atomic mass is 16.6. The number of rotatable bonds is 1. The van der Waals surface area contributed by atoms with Crippen molar-refractivity contribution in [2.75, 3.05) is 0 Å². The summed E-state index contributed by atoms with van der Waals surface area (Å²) < 4.78 is 5.87. The highest BCUT2D eigenvalue weighted by Gasteiger charge is 2.63. The third-order valence-corrected chi connectivity index (χ3v) is 5.14. The highest BCUT2D eigenvalue weighted by Crippen LogP contribution is 2.61. The summed E-state index contributed by atoms with van der Waals surface area (Å²) in [7, 11) is 0. The molecule has 1 aromatic rings. The molecular weight excluding hydrogens is 226 g/mol. The van der Waals surface area contributed by atoms with Gasteiger partial charge in [-0.05, 0) is 43.7 Å². The maximum Gasteiger partial charge on any atom is 0.310 e. The Balaban J connectivity index is 1.83. The van der Waals surface area contributed by atoms with Gasteiger partial charge in [0.2, 0.25) is 0 Å². The maximum atomic E-state index is 12.1. The molecule has 18 heavy (non-hydrogen) atoms. The van der Waals surface area contributed by atoms with Gasteiger partial charge >= 0.3 is 5.97 Å².